The van der Waals surface area contributed by atoms with Crippen LogP contribution in [-0.2, 0) is 21.3 Å². The number of hydrogen-bond acceptors (Lipinski definition) is 3. The summed E-state index contributed by atoms with van der Waals surface area (Å²) in [7, 11) is -1.08. The molecule has 134 valence electrons. The summed E-state index contributed by atoms with van der Waals surface area (Å²) < 4.78 is 12.4. The third-order valence-corrected chi connectivity index (χ3v) is 5.32. The van der Waals surface area contributed by atoms with Gasteiger partial charge in [-0.1, -0.05) is 30.3 Å². The highest BCUT2D eigenvalue weighted by atomic mass is 35.5. The first-order valence-corrected chi connectivity index (χ1v) is 9.55. The van der Waals surface area contributed by atoms with Gasteiger partial charge in [0.05, 0.1) is 23.1 Å². The predicted octanol–water partition coefficient (Wildman–Crippen LogP) is 3.35. The maximum Gasteiger partial charge on any atom is 0.238 e. The third kappa shape index (κ3) is 6.61. The Balaban J connectivity index is 0.00000225. The lowest BCUT2D eigenvalue weighted by Crippen LogP contribution is -2.29. The van der Waals surface area contributed by atoms with Gasteiger partial charge in [0, 0.05) is 10.6 Å². The van der Waals surface area contributed by atoms with Gasteiger partial charge in [0.2, 0.25) is 5.91 Å². The molecule has 3 rings (SSSR count). The molecule has 6 heteroatoms. The van der Waals surface area contributed by atoms with Crippen LogP contribution in [0.1, 0.15) is 18.4 Å². The fourth-order valence-corrected chi connectivity index (χ4v) is 3.57. The summed E-state index contributed by atoms with van der Waals surface area (Å²) in [5, 5.41) is 6.06. The minimum absolute atomic E-state index is 0. The lowest BCUT2D eigenvalue weighted by atomic mass is 10.2. The van der Waals surface area contributed by atoms with Gasteiger partial charge in [0.25, 0.3) is 0 Å². The maximum absolute atomic E-state index is 12.4. The van der Waals surface area contributed by atoms with Crippen molar-refractivity contribution in [1.29, 1.82) is 0 Å². The minimum atomic E-state index is -1.08. The molecular weight excluding hydrogens is 356 g/mol. The summed E-state index contributed by atoms with van der Waals surface area (Å²) in [6, 6.07) is 17.0. The molecule has 0 aliphatic heterocycles. The summed E-state index contributed by atoms with van der Waals surface area (Å²) in [4.78, 5) is 12.8. The van der Waals surface area contributed by atoms with Crippen LogP contribution >= 0.6 is 12.4 Å². The topological polar surface area (TPSA) is 58.2 Å². The lowest BCUT2D eigenvalue weighted by molar-refractivity contribution is -0.115. The van der Waals surface area contributed by atoms with Crippen molar-refractivity contribution < 1.29 is 9.00 Å². The number of anilines is 1. The molecule has 1 aliphatic rings. The summed E-state index contributed by atoms with van der Waals surface area (Å²) in [6.07, 6.45) is 2.55. The van der Waals surface area contributed by atoms with Crippen molar-refractivity contribution in [2.45, 2.75) is 23.5 Å². The van der Waals surface area contributed by atoms with Crippen molar-refractivity contribution in [2.75, 3.05) is 18.4 Å². The Bertz CT molecular complexity index is 720. The van der Waals surface area contributed by atoms with Gasteiger partial charge in [-0.15, -0.1) is 12.4 Å². The normalized spacial score (nSPS) is 14.4. The number of halogens is 1. The van der Waals surface area contributed by atoms with Crippen molar-refractivity contribution in [3.8, 4) is 0 Å². The lowest BCUT2D eigenvalue weighted by Gasteiger charge is -2.08. The third-order valence-electron chi connectivity index (χ3n) is 3.93. The van der Waals surface area contributed by atoms with Gasteiger partial charge in [-0.2, -0.15) is 0 Å². The SMILES string of the molecule is Cl.O=C(CNCC1CC1)Nc1cccc(CS(=O)c2ccccc2)c1. The fourth-order valence-electron chi connectivity index (χ4n) is 2.46. The summed E-state index contributed by atoms with van der Waals surface area (Å²) in [5.74, 6) is 1.15. The molecule has 0 saturated heterocycles. The van der Waals surface area contributed by atoms with E-state index in [9.17, 15) is 9.00 Å². The molecule has 1 unspecified atom stereocenters. The molecule has 0 heterocycles. The highest BCUT2D eigenvalue weighted by Crippen LogP contribution is 2.27. The minimum Gasteiger partial charge on any atom is -0.325 e. The van der Waals surface area contributed by atoms with Gasteiger partial charge in [0.15, 0.2) is 0 Å². The molecule has 25 heavy (non-hydrogen) atoms. The smallest absolute Gasteiger partial charge is 0.238 e. The molecule has 0 radical (unpaired) electrons. The number of nitrogens with one attached hydrogen (secondary N) is 2. The Labute approximate surface area is 157 Å². The van der Waals surface area contributed by atoms with E-state index in [0.29, 0.717) is 12.3 Å². The molecule has 0 aromatic heterocycles. The maximum atomic E-state index is 12.4. The largest absolute Gasteiger partial charge is 0.325 e. The second kappa shape index (κ2) is 9.70. The summed E-state index contributed by atoms with van der Waals surface area (Å²) >= 11 is 0. The fraction of sp³-hybridized carbons (Fsp3) is 0.316. The number of rotatable bonds is 8. The van der Waals surface area contributed by atoms with Crippen LogP contribution in [0.25, 0.3) is 0 Å². The molecule has 1 fully saturated rings. The van der Waals surface area contributed by atoms with Crippen LogP contribution in [-0.4, -0.2) is 23.2 Å². The molecule has 2 aromatic carbocycles. The highest BCUT2D eigenvalue weighted by Gasteiger charge is 2.20. The predicted molar refractivity (Wildman–Crippen MR) is 104 cm³/mol. The van der Waals surface area contributed by atoms with E-state index in [4.69, 9.17) is 0 Å². The van der Waals surface area contributed by atoms with Crippen molar-refractivity contribution in [3.05, 3.63) is 60.2 Å². The molecular formula is C19H23ClN2O2S. The van der Waals surface area contributed by atoms with Gasteiger partial charge in [-0.25, -0.2) is 0 Å². The van der Waals surface area contributed by atoms with E-state index in [0.717, 1.165) is 28.6 Å². The van der Waals surface area contributed by atoms with Crippen LogP contribution in [0, 0.1) is 5.92 Å². The zero-order valence-corrected chi connectivity index (χ0v) is 15.6. The Morgan fingerprint density at radius 2 is 1.84 bits per heavy atom. The Kier molecular flexibility index (Phi) is 7.62. The molecule has 2 aromatic rings. The Hall–Kier alpha value is -1.69. The van der Waals surface area contributed by atoms with Crippen molar-refractivity contribution in [3.63, 3.8) is 0 Å². The van der Waals surface area contributed by atoms with E-state index in [1.54, 1.807) is 0 Å². The van der Waals surface area contributed by atoms with Gasteiger partial charge < -0.3 is 10.6 Å². The number of hydrogen-bond donors (Lipinski definition) is 2. The molecule has 0 spiro atoms. The first kappa shape index (κ1) is 19.6. The van der Waals surface area contributed by atoms with Gasteiger partial charge in [0.1, 0.15) is 0 Å². The van der Waals surface area contributed by atoms with E-state index in [1.807, 2.05) is 54.6 Å². The van der Waals surface area contributed by atoms with E-state index >= 15 is 0 Å². The van der Waals surface area contributed by atoms with Crippen LogP contribution in [0.2, 0.25) is 0 Å². The molecule has 0 bridgehead atoms. The van der Waals surface area contributed by atoms with Crippen LogP contribution in [0.4, 0.5) is 5.69 Å². The Morgan fingerprint density at radius 1 is 1.08 bits per heavy atom. The van der Waals surface area contributed by atoms with Gasteiger partial charge in [-0.05, 0) is 55.1 Å². The average Bonchev–Trinajstić information content (AvgIpc) is 3.40. The van der Waals surface area contributed by atoms with E-state index < -0.39 is 10.8 Å². The number of benzene rings is 2. The first-order chi connectivity index (χ1) is 11.7. The standard InChI is InChI=1S/C19H22N2O2S.ClH/c22-19(13-20-12-15-9-10-15)21-17-6-4-5-16(11-17)14-24(23)18-7-2-1-3-8-18;/h1-8,11,15,20H,9-10,12-14H2,(H,21,22);1H. The molecule has 1 aliphatic carbocycles. The summed E-state index contributed by atoms with van der Waals surface area (Å²) in [6.45, 7) is 1.25. The van der Waals surface area contributed by atoms with Gasteiger partial charge in [-0.3, -0.25) is 9.00 Å². The van der Waals surface area contributed by atoms with Crippen LogP contribution < -0.4 is 10.6 Å². The quantitative estimate of drug-likeness (QED) is 0.740. The van der Waals surface area contributed by atoms with Crippen molar-refractivity contribution in [1.82, 2.24) is 5.32 Å². The number of amides is 1. The highest BCUT2D eigenvalue weighted by molar-refractivity contribution is 7.84. The zero-order valence-electron chi connectivity index (χ0n) is 13.9. The van der Waals surface area contributed by atoms with Crippen molar-refractivity contribution >= 4 is 34.8 Å². The van der Waals surface area contributed by atoms with Crippen molar-refractivity contribution in [2.24, 2.45) is 5.92 Å². The van der Waals surface area contributed by atoms with Crippen LogP contribution in [0.5, 0.6) is 0 Å². The molecule has 1 saturated carbocycles. The molecule has 2 N–H and O–H groups in total. The summed E-state index contributed by atoms with van der Waals surface area (Å²) in [5.41, 5.74) is 1.69. The Morgan fingerprint density at radius 3 is 2.56 bits per heavy atom. The molecule has 4 nitrogen and oxygen atoms in total. The van der Waals surface area contributed by atoms with E-state index in [1.165, 1.54) is 12.8 Å². The second-order valence-electron chi connectivity index (χ2n) is 6.13. The number of carbonyl (C=O) groups excluding carboxylic acids is 1. The molecule has 1 amide bonds. The van der Waals surface area contributed by atoms with Crippen LogP contribution in [0.15, 0.2) is 59.5 Å². The van der Waals surface area contributed by atoms with E-state index in [2.05, 4.69) is 10.6 Å². The van der Waals surface area contributed by atoms with Gasteiger partial charge >= 0.3 is 0 Å². The van der Waals surface area contributed by atoms with Crippen LogP contribution in [0.3, 0.4) is 0 Å². The molecule has 1 atom stereocenters. The average molecular weight is 379 g/mol. The number of carbonyl (C=O) groups is 1. The first-order valence-electron chi connectivity index (χ1n) is 8.23. The monoisotopic (exact) mass is 378 g/mol. The zero-order chi connectivity index (χ0) is 16.8. The van der Waals surface area contributed by atoms with E-state index in [-0.39, 0.29) is 18.3 Å². The second-order valence-corrected chi connectivity index (χ2v) is 7.58.